The summed E-state index contributed by atoms with van der Waals surface area (Å²) >= 11 is 0. The fraction of sp³-hybridized carbons (Fsp3) is 0.500. The third-order valence-corrected chi connectivity index (χ3v) is 4.74. The van der Waals surface area contributed by atoms with E-state index in [1.54, 1.807) is 12.4 Å². The van der Waals surface area contributed by atoms with E-state index in [1.165, 1.54) is 0 Å². The SMILES string of the molecule is Cc1nn(-c2ccncc2)c(C)c1B1OC(C)(C)C(C)(C)O1. The summed E-state index contributed by atoms with van der Waals surface area (Å²) in [5.41, 5.74) is 3.24. The molecule has 6 heteroatoms. The summed E-state index contributed by atoms with van der Waals surface area (Å²) in [6.45, 7) is 12.3. The molecule has 1 aliphatic rings. The van der Waals surface area contributed by atoms with Gasteiger partial charge in [-0.3, -0.25) is 4.98 Å². The monoisotopic (exact) mass is 299 g/mol. The average molecular weight is 299 g/mol. The Bertz CT molecular complexity index is 679. The highest BCUT2D eigenvalue weighted by Crippen LogP contribution is 2.37. The van der Waals surface area contributed by atoms with Gasteiger partial charge in [0.25, 0.3) is 0 Å². The van der Waals surface area contributed by atoms with E-state index in [0.717, 1.165) is 22.5 Å². The lowest BCUT2D eigenvalue weighted by Gasteiger charge is -2.32. The van der Waals surface area contributed by atoms with Crippen LogP contribution in [0.4, 0.5) is 0 Å². The molecule has 1 aliphatic heterocycles. The highest BCUT2D eigenvalue weighted by atomic mass is 16.7. The quantitative estimate of drug-likeness (QED) is 0.798. The van der Waals surface area contributed by atoms with Crippen LogP contribution in [0.5, 0.6) is 0 Å². The van der Waals surface area contributed by atoms with Crippen LogP contribution in [0, 0.1) is 13.8 Å². The number of nitrogens with zero attached hydrogens (tertiary/aromatic N) is 3. The number of hydrogen-bond donors (Lipinski definition) is 0. The molecule has 0 spiro atoms. The van der Waals surface area contributed by atoms with Crippen molar-refractivity contribution in [3.05, 3.63) is 35.9 Å². The first-order chi connectivity index (χ1) is 10.2. The molecule has 0 aromatic carbocycles. The summed E-state index contributed by atoms with van der Waals surface area (Å²) in [5.74, 6) is 0. The van der Waals surface area contributed by atoms with Gasteiger partial charge in [-0.05, 0) is 53.7 Å². The third kappa shape index (κ3) is 2.27. The number of aromatic nitrogens is 3. The Hall–Kier alpha value is -1.66. The van der Waals surface area contributed by atoms with Crippen molar-refractivity contribution in [3.63, 3.8) is 0 Å². The van der Waals surface area contributed by atoms with E-state index in [2.05, 4.69) is 37.8 Å². The molecule has 0 unspecified atom stereocenters. The Morgan fingerprint density at radius 3 is 2.09 bits per heavy atom. The third-order valence-electron chi connectivity index (χ3n) is 4.74. The summed E-state index contributed by atoms with van der Waals surface area (Å²) in [6.07, 6.45) is 3.53. The van der Waals surface area contributed by atoms with E-state index in [-0.39, 0.29) is 18.3 Å². The lowest BCUT2D eigenvalue weighted by Crippen LogP contribution is -2.41. The summed E-state index contributed by atoms with van der Waals surface area (Å²) < 4.78 is 14.3. The van der Waals surface area contributed by atoms with Crippen molar-refractivity contribution in [1.29, 1.82) is 0 Å². The first kappa shape index (κ1) is 15.2. The Morgan fingerprint density at radius 2 is 1.55 bits per heavy atom. The molecule has 3 rings (SSSR count). The molecule has 0 N–H and O–H groups in total. The van der Waals surface area contributed by atoms with Crippen LogP contribution in [-0.2, 0) is 9.31 Å². The molecule has 2 aromatic rings. The van der Waals surface area contributed by atoms with Crippen LogP contribution in [0.3, 0.4) is 0 Å². The fourth-order valence-electron chi connectivity index (χ4n) is 2.69. The summed E-state index contributed by atoms with van der Waals surface area (Å²) in [7, 11) is -0.388. The number of aryl methyl sites for hydroxylation is 1. The van der Waals surface area contributed by atoms with Crippen LogP contribution < -0.4 is 5.46 Å². The summed E-state index contributed by atoms with van der Waals surface area (Å²) in [5, 5.41) is 4.65. The first-order valence-corrected chi connectivity index (χ1v) is 7.55. The fourth-order valence-corrected chi connectivity index (χ4v) is 2.69. The molecule has 5 nitrogen and oxygen atoms in total. The van der Waals surface area contributed by atoms with Crippen LogP contribution in [0.1, 0.15) is 39.1 Å². The zero-order valence-corrected chi connectivity index (χ0v) is 14.0. The van der Waals surface area contributed by atoms with Gasteiger partial charge in [-0.2, -0.15) is 5.10 Å². The van der Waals surface area contributed by atoms with Crippen molar-refractivity contribution in [3.8, 4) is 5.69 Å². The maximum Gasteiger partial charge on any atom is 0.498 e. The van der Waals surface area contributed by atoms with Gasteiger partial charge in [0.2, 0.25) is 0 Å². The normalized spacial score (nSPS) is 19.6. The molecular formula is C16H22BN3O2. The molecule has 22 heavy (non-hydrogen) atoms. The largest absolute Gasteiger partial charge is 0.498 e. The van der Waals surface area contributed by atoms with Crippen molar-refractivity contribution in [2.75, 3.05) is 0 Å². The zero-order valence-electron chi connectivity index (χ0n) is 14.0. The molecule has 0 atom stereocenters. The second-order valence-electron chi connectivity index (χ2n) is 6.79. The van der Waals surface area contributed by atoms with Gasteiger partial charge < -0.3 is 9.31 Å². The Balaban J connectivity index is 2.02. The molecule has 3 heterocycles. The van der Waals surface area contributed by atoms with Gasteiger partial charge in [-0.15, -0.1) is 0 Å². The molecule has 0 amide bonds. The lowest BCUT2D eigenvalue weighted by molar-refractivity contribution is 0.00578. The number of hydrogen-bond acceptors (Lipinski definition) is 4. The Kier molecular flexibility index (Phi) is 3.42. The molecule has 1 fully saturated rings. The van der Waals surface area contributed by atoms with Crippen LogP contribution in [0.25, 0.3) is 5.69 Å². The van der Waals surface area contributed by atoms with Gasteiger partial charge in [0.05, 0.1) is 22.6 Å². The second kappa shape index (κ2) is 4.93. The highest BCUT2D eigenvalue weighted by Gasteiger charge is 2.53. The van der Waals surface area contributed by atoms with Crippen LogP contribution in [0.15, 0.2) is 24.5 Å². The summed E-state index contributed by atoms with van der Waals surface area (Å²) in [4.78, 5) is 4.05. The highest BCUT2D eigenvalue weighted by molar-refractivity contribution is 6.63. The molecule has 0 saturated carbocycles. The zero-order chi connectivity index (χ0) is 16.1. The smallest absolute Gasteiger partial charge is 0.399 e. The molecule has 2 aromatic heterocycles. The predicted octanol–water partition coefficient (Wildman–Crippen LogP) is 2.18. The van der Waals surface area contributed by atoms with E-state index >= 15 is 0 Å². The second-order valence-corrected chi connectivity index (χ2v) is 6.79. The van der Waals surface area contributed by atoms with Crippen molar-refractivity contribution in [2.24, 2.45) is 0 Å². The molecule has 0 bridgehead atoms. The average Bonchev–Trinajstić information content (AvgIpc) is 2.84. The van der Waals surface area contributed by atoms with Gasteiger partial charge in [0, 0.05) is 23.6 Å². The van der Waals surface area contributed by atoms with Crippen molar-refractivity contribution < 1.29 is 9.31 Å². The lowest BCUT2D eigenvalue weighted by atomic mass is 9.77. The maximum atomic E-state index is 6.17. The van der Waals surface area contributed by atoms with Crippen molar-refractivity contribution in [1.82, 2.24) is 14.8 Å². The maximum absolute atomic E-state index is 6.17. The van der Waals surface area contributed by atoms with Crippen molar-refractivity contribution >= 4 is 12.6 Å². The number of pyridine rings is 1. The molecular weight excluding hydrogens is 277 g/mol. The van der Waals surface area contributed by atoms with E-state index in [9.17, 15) is 0 Å². The molecule has 116 valence electrons. The van der Waals surface area contributed by atoms with Gasteiger partial charge >= 0.3 is 7.12 Å². The van der Waals surface area contributed by atoms with Crippen molar-refractivity contribution in [2.45, 2.75) is 52.7 Å². The minimum atomic E-state index is -0.388. The molecule has 1 saturated heterocycles. The minimum absolute atomic E-state index is 0.352. The molecule has 0 radical (unpaired) electrons. The Morgan fingerprint density at radius 1 is 1.00 bits per heavy atom. The van der Waals surface area contributed by atoms with Crippen LogP contribution >= 0.6 is 0 Å². The van der Waals surface area contributed by atoms with Crippen LogP contribution in [-0.4, -0.2) is 33.1 Å². The Labute approximate surface area is 131 Å². The van der Waals surface area contributed by atoms with Gasteiger partial charge in [0.1, 0.15) is 0 Å². The van der Waals surface area contributed by atoms with Gasteiger partial charge in [-0.1, -0.05) is 0 Å². The van der Waals surface area contributed by atoms with E-state index in [4.69, 9.17) is 9.31 Å². The predicted molar refractivity (Wildman–Crippen MR) is 86.5 cm³/mol. The van der Waals surface area contributed by atoms with E-state index < -0.39 is 0 Å². The first-order valence-electron chi connectivity index (χ1n) is 7.55. The topological polar surface area (TPSA) is 49.2 Å². The molecule has 0 aliphatic carbocycles. The number of rotatable bonds is 2. The van der Waals surface area contributed by atoms with E-state index in [0.29, 0.717) is 0 Å². The van der Waals surface area contributed by atoms with E-state index in [1.807, 2.05) is 30.7 Å². The van der Waals surface area contributed by atoms with Crippen LogP contribution in [0.2, 0.25) is 0 Å². The summed E-state index contributed by atoms with van der Waals surface area (Å²) in [6, 6.07) is 3.88. The van der Waals surface area contributed by atoms with Gasteiger partial charge in [0.15, 0.2) is 0 Å². The minimum Gasteiger partial charge on any atom is -0.399 e. The van der Waals surface area contributed by atoms with Gasteiger partial charge in [-0.25, -0.2) is 4.68 Å². The standard InChI is InChI=1S/C16H22BN3O2/c1-11-14(17-21-15(3,4)16(5,6)22-17)12(2)20(19-11)13-7-9-18-10-8-13/h7-10H,1-6H3.